The molecule has 13 heteroatoms. The van der Waals surface area contributed by atoms with Crippen LogP contribution in [-0.2, 0) is 33.5 Å². The molecule has 0 aromatic rings. The molecule has 2 heterocycles. The van der Waals surface area contributed by atoms with Crippen LogP contribution in [0.4, 0.5) is 0 Å². The number of hydrogen-bond acceptors (Lipinski definition) is 8. The number of carbonyl (C=O) groups excluding carboxylic acids is 6. The van der Waals surface area contributed by atoms with Crippen LogP contribution in [0.3, 0.4) is 0 Å². The maximum Gasteiger partial charge on any atom is 0.289 e. The van der Waals surface area contributed by atoms with Gasteiger partial charge in [0.05, 0.1) is 18.7 Å². The van der Waals surface area contributed by atoms with Gasteiger partial charge in [0, 0.05) is 31.7 Å². The normalized spacial score (nSPS) is 28.5. The molecule has 0 radical (unpaired) electrons. The Balaban J connectivity index is 1.25. The van der Waals surface area contributed by atoms with Crippen molar-refractivity contribution in [3.63, 3.8) is 0 Å². The molecule has 4 aliphatic carbocycles. The van der Waals surface area contributed by atoms with E-state index in [0.717, 1.165) is 83.6 Å². The van der Waals surface area contributed by atoms with E-state index in [1.807, 2.05) is 27.7 Å². The van der Waals surface area contributed by atoms with Gasteiger partial charge in [0.15, 0.2) is 0 Å². The molecule has 4 N–H and O–H groups in total. The molecule has 0 bridgehead atoms. The summed E-state index contributed by atoms with van der Waals surface area (Å²) in [4.78, 5) is 88.4. The molecule has 4 saturated carbocycles. The maximum absolute atomic E-state index is 15.2. The maximum atomic E-state index is 15.2. The lowest BCUT2D eigenvalue weighted by atomic mass is 9.73. The van der Waals surface area contributed by atoms with Gasteiger partial charge in [-0.05, 0) is 92.9 Å². The number of rotatable bonds is 16. The van der Waals surface area contributed by atoms with Crippen LogP contribution < -0.4 is 21.3 Å². The lowest BCUT2D eigenvalue weighted by Gasteiger charge is -2.39. The number of amides is 5. The molecule has 2 saturated heterocycles. The average Bonchev–Trinajstić information content (AvgIpc) is 3.99. The van der Waals surface area contributed by atoms with Crippen LogP contribution in [0.5, 0.6) is 0 Å². The van der Waals surface area contributed by atoms with Crippen molar-refractivity contribution in [1.29, 1.82) is 0 Å². The number of piperidine rings is 1. The molecule has 6 rings (SSSR count). The summed E-state index contributed by atoms with van der Waals surface area (Å²) in [5.74, 6) is -2.67. The van der Waals surface area contributed by atoms with E-state index in [9.17, 15) is 24.0 Å². The number of hydrogen-bond donors (Lipinski definition) is 4. The van der Waals surface area contributed by atoms with Crippen molar-refractivity contribution < 1.29 is 33.5 Å². The summed E-state index contributed by atoms with van der Waals surface area (Å²) in [5, 5.41) is 12.1. The molecular formula is C44H72N6O7. The Hall–Kier alpha value is -3.06. The molecule has 0 aromatic carbocycles. The first-order valence-corrected chi connectivity index (χ1v) is 22.3. The molecule has 2 aliphatic heterocycles. The van der Waals surface area contributed by atoms with Gasteiger partial charge < -0.3 is 30.9 Å². The van der Waals surface area contributed by atoms with Gasteiger partial charge in [-0.2, -0.15) is 0 Å². The Bertz CT molecular complexity index is 1530. The summed E-state index contributed by atoms with van der Waals surface area (Å²) in [6.07, 6.45) is 13.6. The molecule has 0 unspecified atom stereocenters. The van der Waals surface area contributed by atoms with Crippen molar-refractivity contribution in [1.82, 2.24) is 31.1 Å². The van der Waals surface area contributed by atoms with Crippen molar-refractivity contribution in [2.75, 3.05) is 33.4 Å². The van der Waals surface area contributed by atoms with Crippen LogP contribution in [0, 0.1) is 27.6 Å². The molecular weight excluding hydrogens is 725 g/mol. The molecule has 320 valence electrons. The summed E-state index contributed by atoms with van der Waals surface area (Å²) >= 11 is 0. The summed E-state index contributed by atoms with van der Waals surface area (Å²) in [6.45, 7) is 14.5. The fraction of sp³-hybridized carbons (Fsp3) is 0.864. The number of nitrogens with one attached hydrogen (secondary N) is 4. The molecule has 5 amide bonds. The minimum absolute atomic E-state index is 0.0106. The first kappa shape index (κ1) is 43.5. The SMILES string of the molecule is CCC[C@H](NC(=O)[C@@H]1C[C@@]2(CN1C(=O)[C@@H](NC(=O)[C@@H](NC(=O)[C@@H]1CCCCN1CCOC)C1CCCCC1)C(C)(C)C)C(C)(C)C21CCC1)C(=O)C(=O)NC1CC1. The fourth-order valence-corrected chi connectivity index (χ4v) is 11.5. The zero-order valence-electron chi connectivity index (χ0n) is 35.9. The predicted octanol–water partition coefficient (Wildman–Crippen LogP) is 4.01. The van der Waals surface area contributed by atoms with Crippen molar-refractivity contribution in [2.45, 2.75) is 181 Å². The fourth-order valence-electron chi connectivity index (χ4n) is 11.5. The van der Waals surface area contributed by atoms with E-state index in [2.05, 4.69) is 40.0 Å². The first-order valence-electron chi connectivity index (χ1n) is 22.3. The second-order valence-corrected chi connectivity index (χ2v) is 20.0. The van der Waals surface area contributed by atoms with E-state index in [-0.39, 0.29) is 52.0 Å². The number of methoxy groups -OCH3 is 1. The van der Waals surface area contributed by atoms with Crippen LogP contribution in [0.15, 0.2) is 0 Å². The van der Waals surface area contributed by atoms with Crippen molar-refractivity contribution in [3.8, 4) is 0 Å². The standard InChI is InChI=1S/C44H72N6O7/c1-8-15-30(34(51)39(55)45-29-19-20-29)46-37(53)32-26-44(42(5,6)43(44)21-14-22-43)27-50(32)40(56)35(41(2,3)4)48-38(54)33(28-16-10-9-11-17-28)47-36(52)31-18-12-13-23-49(31)24-25-57-7/h28-33,35H,8-27H2,1-7H3,(H,45,55)(H,46,53)(H,47,52)(H,48,54)/t30-,31-,32-,33-,35+,44+/m0/s1. The van der Waals surface area contributed by atoms with Gasteiger partial charge in [0.1, 0.15) is 18.1 Å². The zero-order valence-corrected chi connectivity index (χ0v) is 35.9. The monoisotopic (exact) mass is 797 g/mol. The van der Waals surface area contributed by atoms with Crippen LogP contribution >= 0.6 is 0 Å². The van der Waals surface area contributed by atoms with Gasteiger partial charge in [-0.1, -0.05) is 80.1 Å². The smallest absolute Gasteiger partial charge is 0.289 e. The Morgan fingerprint density at radius 1 is 0.807 bits per heavy atom. The topological polar surface area (TPSA) is 166 Å². The minimum atomic E-state index is -0.993. The quantitative estimate of drug-likeness (QED) is 0.170. The number of ether oxygens (including phenoxy) is 1. The second kappa shape index (κ2) is 17.3. The van der Waals surface area contributed by atoms with Gasteiger partial charge in [0.25, 0.3) is 5.91 Å². The molecule has 13 nitrogen and oxygen atoms in total. The lowest BCUT2D eigenvalue weighted by Crippen LogP contribution is -2.63. The minimum Gasteiger partial charge on any atom is -0.383 e. The Morgan fingerprint density at radius 3 is 2.05 bits per heavy atom. The Labute approximate surface area is 340 Å². The number of carbonyl (C=O) groups is 6. The van der Waals surface area contributed by atoms with E-state index >= 15 is 4.79 Å². The molecule has 6 atom stereocenters. The molecule has 2 spiro atoms. The van der Waals surface area contributed by atoms with E-state index < -0.39 is 47.2 Å². The summed E-state index contributed by atoms with van der Waals surface area (Å²) in [6, 6.07) is -3.98. The molecule has 57 heavy (non-hydrogen) atoms. The van der Waals surface area contributed by atoms with Gasteiger partial charge >= 0.3 is 0 Å². The van der Waals surface area contributed by atoms with Gasteiger partial charge in [-0.3, -0.25) is 33.7 Å². The summed E-state index contributed by atoms with van der Waals surface area (Å²) in [7, 11) is 1.66. The van der Waals surface area contributed by atoms with E-state index in [0.29, 0.717) is 45.4 Å². The van der Waals surface area contributed by atoms with E-state index in [4.69, 9.17) is 4.74 Å². The Morgan fingerprint density at radius 2 is 1.47 bits per heavy atom. The average molecular weight is 797 g/mol. The highest BCUT2D eigenvalue weighted by Crippen LogP contribution is 2.88. The number of likely N-dealkylation sites (tertiary alicyclic amines) is 2. The third-order valence-corrected chi connectivity index (χ3v) is 15.3. The summed E-state index contributed by atoms with van der Waals surface area (Å²) < 4.78 is 5.33. The van der Waals surface area contributed by atoms with Gasteiger partial charge in [-0.25, -0.2) is 0 Å². The van der Waals surface area contributed by atoms with Crippen LogP contribution in [-0.4, -0.2) is 115 Å². The highest BCUT2D eigenvalue weighted by Gasteiger charge is 2.85. The highest BCUT2D eigenvalue weighted by molar-refractivity contribution is 6.38. The first-order chi connectivity index (χ1) is 27.0. The van der Waals surface area contributed by atoms with Crippen molar-refractivity contribution in [3.05, 3.63) is 0 Å². The van der Waals surface area contributed by atoms with Crippen molar-refractivity contribution in [2.24, 2.45) is 27.6 Å². The van der Waals surface area contributed by atoms with Gasteiger partial charge in [0.2, 0.25) is 29.4 Å². The zero-order chi connectivity index (χ0) is 41.3. The highest BCUT2D eigenvalue weighted by atomic mass is 16.5. The second-order valence-electron chi connectivity index (χ2n) is 20.0. The number of fused-ring (bicyclic) bond motifs is 1. The van der Waals surface area contributed by atoms with Crippen LogP contribution in [0.1, 0.15) is 144 Å². The molecule has 6 aliphatic rings. The third-order valence-electron chi connectivity index (χ3n) is 15.3. The lowest BCUT2D eigenvalue weighted by molar-refractivity contribution is -0.146. The van der Waals surface area contributed by atoms with E-state index in [1.165, 1.54) is 0 Å². The van der Waals surface area contributed by atoms with Crippen LogP contribution in [0.25, 0.3) is 0 Å². The van der Waals surface area contributed by atoms with E-state index in [1.54, 1.807) is 12.0 Å². The van der Waals surface area contributed by atoms with Crippen LogP contribution in [0.2, 0.25) is 0 Å². The largest absolute Gasteiger partial charge is 0.383 e. The van der Waals surface area contributed by atoms with Gasteiger partial charge in [-0.15, -0.1) is 0 Å². The number of nitrogens with zero attached hydrogens (tertiary/aromatic N) is 2. The molecule has 0 aromatic heterocycles. The van der Waals surface area contributed by atoms with Crippen molar-refractivity contribution >= 4 is 35.3 Å². The third kappa shape index (κ3) is 8.53. The summed E-state index contributed by atoms with van der Waals surface area (Å²) in [5.41, 5.74) is -1.08. The predicted molar refractivity (Wildman–Crippen MR) is 217 cm³/mol. The molecule has 6 fully saturated rings. The number of Topliss-reactive ketones (excluding diaryl/α,β-unsaturated/α-hetero) is 1. The Kier molecular flexibility index (Phi) is 13.2. The number of ketones is 1.